The van der Waals surface area contributed by atoms with Crippen LogP contribution in [0.3, 0.4) is 0 Å². The summed E-state index contributed by atoms with van der Waals surface area (Å²) in [5.41, 5.74) is 4.99. The maximum absolute atomic E-state index is 13.2. The van der Waals surface area contributed by atoms with Gasteiger partial charge in [0.2, 0.25) is 10.0 Å². The van der Waals surface area contributed by atoms with E-state index in [1.807, 2.05) is 0 Å². The summed E-state index contributed by atoms with van der Waals surface area (Å²) in [6.45, 7) is 1.46. The van der Waals surface area contributed by atoms with Gasteiger partial charge in [0.25, 0.3) is 5.91 Å². The zero-order valence-corrected chi connectivity index (χ0v) is 19.4. The molecule has 178 valence electrons. The van der Waals surface area contributed by atoms with E-state index in [9.17, 15) is 26.4 Å². The van der Waals surface area contributed by atoms with Crippen molar-refractivity contribution in [2.75, 3.05) is 0 Å². The van der Waals surface area contributed by atoms with E-state index >= 15 is 0 Å². The van der Waals surface area contributed by atoms with Gasteiger partial charge >= 0.3 is 6.18 Å². The van der Waals surface area contributed by atoms with Crippen LogP contribution in [0, 0.1) is 0 Å². The van der Waals surface area contributed by atoms with E-state index in [1.54, 1.807) is 33.6 Å². The number of carbonyl (C=O) groups is 1. The molecule has 0 bridgehead atoms. The monoisotopic (exact) mass is 510 g/mol. The zero-order chi connectivity index (χ0) is 25.1. The number of nitrogens with zero attached hydrogens (tertiary/aromatic N) is 2. The van der Waals surface area contributed by atoms with Gasteiger partial charge in [0.1, 0.15) is 11.2 Å². The number of pyridine rings is 1. The van der Waals surface area contributed by atoms with Crippen molar-refractivity contribution in [3.8, 4) is 11.3 Å². The lowest BCUT2D eigenvalue weighted by Gasteiger charge is -2.28. The summed E-state index contributed by atoms with van der Waals surface area (Å²) in [4.78, 5) is 16.4. The van der Waals surface area contributed by atoms with E-state index in [-0.39, 0.29) is 15.5 Å². The predicted molar refractivity (Wildman–Crippen MR) is 123 cm³/mol. The van der Waals surface area contributed by atoms with Crippen molar-refractivity contribution >= 4 is 44.3 Å². The van der Waals surface area contributed by atoms with E-state index in [2.05, 4.69) is 4.98 Å². The second kappa shape index (κ2) is 7.97. The normalized spacial score (nSPS) is 14.2. The lowest BCUT2D eigenvalue weighted by molar-refractivity contribution is -0.180. The van der Waals surface area contributed by atoms with Crippen molar-refractivity contribution < 1.29 is 26.4 Å². The van der Waals surface area contributed by atoms with Crippen molar-refractivity contribution in [2.24, 2.45) is 5.73 Å². The van der Waals surface area contributed by atoms with Crippen LogP contribution in [0.4, 0.5) is 13.2 Å². The molecular formula is C22H18ClF3N4O3S. The largest absolute Gasteiger partial charge is 0.407 e. The van der Waals surface area contributed by atoms with E-state index in [1.165, 1.54) is 18.3 Å². The minimum Gasteiger partial charge on any atom is -0.366 e. The molecule has 34 heavy (non-hydrogen) atoms. The van der Waals surface area contributed by atoms with Crippen LogP contribution in [-0.4, -0.2) is 35.6 Å². The highest BCUT2D eigenvalue weighted by molar-refractivity contribution is 7.89. The first-order chi connectivity index (χ1) is 15.7. The molecule has 0 spiro atoms. The Morgan fingerprint density at radius 1 is 1.18 bits per heavy atom. The molecule has 4 rings (SSSR count). The van der Waals surface area contributed by atoms with Crippen molar-refractivity contribution in [1.29, 1.82) is 0 Å². The summed E-state index contributed by atoms with van der Waals surface area (Å²) < 4.78 is 68.1. The molecule has 2 aromatic heterocycles. The zero-order valence-electron chi connectivity index (χ0n) is 17.8. The highest BCUT2D eigenvalue weighted by Crippen LogP contribution is 2.38. The summed E-state index contributed by atoms with van der Waals surface area (Å²) in [5.74, 6) is -0.753. The number of hydrogen-bond acceptors (Lipinski definition) is 4. The third kappa shape index (κ3) is 3.99. The first kappa shape index (κ1) is 24.0. The molecule has 0 saturated heterocycles. The molecule has 0 unspecified atom stereocenters. The van der Waals surface area contributed by atoms with Gasteiger partial charge in [-0.05, 0) is 49.8 Å². The molecule has 2 heterocycles. The molecule has 3 aromatic rings. The number of fused-ring (bicyclic) bond motifs is 1. The van der Waals surface area contributed by atoms with Crippen LogP contribution in [0.15, 0.2) is 59.7 Å². The Labute approximate surface area is 197 Å². The first-order valence-corrected chi connectivity index (χ1v) is 11.7. The van der Waals surface area contributed by atoms with Gasteiger partial charge in [-0.15, -0.1) is 0 Å². The third-order valence-corrected chi connectivity index (χ3v) is 7.23. The number of nitrogens with one attached hydrogen (secondary N) is 1. The number of amides is 1. The van der Waals surface area contributed by atoms with Gasteiger partial charge in [-0.3, -0.25) is 9.36 Å². The van der Waals surface area contributed by atoms with Crippen molar-refractivity contribution in [3.63, 3.8) is 0 Å². The fourth-order valence-corrected chi connectivity index (χ4v) is 5.05. The number of alkyl halides is 3. The van der Waals surface area contributed by atoms with Crippen LogP contribution >= 0.6 is 11.6 Å². The van der Waals surface area contributed by atoms with Crippen LogP contribution in [0.25, 0.3) is 28.0 Å². The highest BCUT2D eigenvalue weighted by atomic mass is 35.5. The summed E-state index contributed by atoms with van der Waals surface area (Å²) >= 11 is 6.08. The number of nitrogens with two attached hydrogens (primary N) is 1. The van der Waals surface area contributed by atoms with Crippen LogP contribution in [0.5, 0.6) is 0 Å². The molecule has 1 amide bonds. The second-order valence-electron chi connectivity index (χ2n) is 8.15. The first-order valence-electron chi connectivity index (χ1n) is 9.82. The number of benzene rings is 1. The summed E-state index contributed by atoms with van der Waals surface area (Å²) in [7, 11) is -4.50. The number of rotatable bonds is 6. The van der Waals surface area contributed by atoms with Crippen LogP contribution < -0.4 is 10.5 Å². The van der Waals surface area contributed by atoms with E-state index in [0.29, 0.717) is 28.0 Å². The Bertz CT molecular complexity index is 1490. The molecule has 0 radical (unpaired) electrons. The second-order valence-corrected chi connectivity index (χ2v) is 10.3. The molecular weight excluding hydrogens is 493 g/mol. The van der Waals surface area contributed by atoms with Crippen LogP contribution in [0.2, 0.25) is 5.02 Å². The predicted octanol–water partition coefficient (Wildman–Crippen LogP) is 4.49. The molecule has 1 aliphatic carbocycles. The minimum atomic E-state index is -4.80. The lowest BCUT2D eigenvalue weighted by atomic mass is 10.0. The van der Waals surface area contributed by atoms with Gasteiger partial charge in [-0.1, -0.05) is 29.8 Å². The molecule has 3 N–H and O–H groups in total. The van der Waals surface area contributed by atoms with Gasteiger partial charge in [0.15, 0.2) is 0 Å². The van der Waals surface area contributed by atoms with E-state index < -0.39 is 27.6 Å². The molecule has 12 heteroatoms. The number of hydrogen-bond donors (Lipinski definition) is 2. The number of carbonyl (C=O) groups excluding carboxylic acids is 1. The third-order valence-electron chi connectivity index (χ3n) is 5.35. The highest BCUT2D eigenvalue weighted by Gasteiger charge is 2.49. The number of primary amides is 1. The van der Waals surface area contributed by atoms with Crippen molar-refractivity contribution in [3.05, 3.63) is 65.3 Å². The van der Waals surface area contributed by atoms with E-state index in [0.717, 1.165) is 26.0 Å². The SMILES string of the molecule is CC(C)(NS(=O)(=O)c1ccc(-c2c(C(N)=O)c3cc(Cl)cnc3n2C2=CC=C2)cc1)C(F)(F)F. The number of sulfonamides is 1. The number of halogens is 4. The average molecular weight is 511 g/mol. The molecule has 7 nitrogen and oxygen atoms in total. The lowest BCUT2D eigenvalue weighted by Crippen LogP contribution is -2.54. The van der Waals surface area contributed by atoms with Gasteiger partial charge in [-0.25, -0.2) is 13.4 Å². The van der Waals surface area contributed by atoms with Crippen LogP contribution in [-0.2, 0) is 10.0 Å². The summed E-state index contributed by atoms with van der Waals surface area (Å²) in [5, 5.41) is 0.693. The Kier molecular flexibility index (Phi) is 5.62. The van der Waals surface area contributed by atoms with Crippen molar-refractivity contribution in [2.45, 2.75) is 30.5 Å². The molecule has 0 fully saturated rings. The molecule has 0 saturated carbocycles. The topological polar surface area (TPSA) is 107 Å². The Morgan fingerprint density at radius 2 is 1.79 bits per heavy atom. The average Bonchev–Trinajstić information content (AvgIpc) is 2.99. The number of aromatic nitrogens is 2. The molecule has 1 aliphatic rings. The van der Waals surface area contributed by atoms with Gasteiger partial charge in [0.05, 0.1) is 21.2 Å². The fourth-order valence-electron chi connectivity index (χ4n) is 3.49. The Balaban J connectivity index is 1.85. The number of allylic oxidation sites excluding steroid dienone is 4. The van der Waals surface area contributed by atoms with E-state index in [4.69, 9.17) is 17.3 Å². The maximum atomic E-state index is 13.2. The van der Waals surface area contributed by atoms with Gasteiger partial charge in [-0.2, -0.15) is 17.9 Å². The smallest absolute Gasteiger partial charge is 0.366 e. The summed E-state index contributed by atoms with van der Waals surface area (Å²) in [6.07, 6.45) is 1.98. The Morgan fingerprint density at radius 3 is 2.29 bits per heavy atom. The van der Waals surface area contributed by atoms with Crippen LogP contribution in [0.1, 0.15) is 24.2 Å². The standard InChI is InChI=1S/C22H18ClF3N4O3S/c1-21(2,22(24,25)26)29-34(32,33)15-8-6-12(7-9-15)18-17(19(27)31)16-10-13(23)11-28-20(16)30(18)14-4-3-5-14/h3-11,29H,1-2H3,(H2,27,31). The van der Waals surface area contributed by atoms with Crippen molar-refractivity contribution in [1.82, 2.24) is 14.3 Å². The quantitative estimate of drug-likeness (QED) is 0.509. The minimum absolute atomic E-state index is 0.123. The molecule has 0 atom stereocenters. The molecule has 1 aromatic carbocycles. The van der Waals surface area contributed by atoms with Gasteiger partial charge < -0.3 is 5.73 Å². The summed E-state index contributed by atoms with van der Waals surface area (Å²) in [6, 6.07) is 6.63. The Hall–Kier alpha value is -3.15. The molecule has 0 aliphatic heterocycles. The van der Waals surface area contributed by atoms with Gasteiger partial charge in [0, 0.05) is 17.3 Å². The maximum Gasteiger partial charge on any atom is 0.407 e. The fraction of sp³-hybridized carbons (Fsp3) is 0.182.